The molecule has 0 saturated heterocycles. The summed E-state index contributed by atoms with van der Waals surface area (Å²) in [6.07, 6.45) is 18.2. The Labute approximate surface area is 241 Å². The van der Waals surface area contributed by atoms with Crippen LogP contribution in [0.3, 0.4) is 0 Å². The minimum absolute atomic E-state index is 0.533. The number of rotatable bonds is 14. The highest BCUT2D eigenvalue weighted by molar-refractivity contribution is 6.40. The molecule has 0 fully saturated rings. The average molecular weight is 558 g/mol. The van der Waals surface area contributed by atoms with Crippen LogP contribution in [0.1, 0.15) is 92.9 Å². The van der Waals surface area contributed by atoms with E-state index in [4.69, 9.17) is 28.2 Å². The monoisotopic (exact) mass is 556 g/mol. The molecule has 1 heterocycles. The van der Waals surface area contributed by atoms with E-state index >= 15 is 0 Å². The summed E-state index contributed by atoms with van der Waals surface area (Å²) in [6.45, 7) is 14.7. The first kappa shape index (κ1) is 31.9. The Kier molecular flexibility index (Phi) is 14.5. The molecule has 38 heavy (non-hydrogen) atoms. The minimum atomic E-state index is 0.533. The van der Waals surface area contributed by atoms with Gasteiger partial charge in [-0.2, -0.15) is 0 Å². The van der Waals surface area contributed by atoms with E-state index in [1.54, 1.807) is 0 Å². The molecule has 1 aromatic rings. The molecule has 0 spiro atoms. The van der Waals surface area contributed by atoms with Crippen LogP contribution in [0, 0.1) is 0 Å². The van der Waals surface area contributed by atoms with Crippen LogP contribution in [0.4, 0.5) is 11.4 Å². The Bertz CT molecular complexity index is 1080. The zero-order valence-electron chi connectivity index (χ0n) is 24.2. The van der Waals surface area contributed by atoms with Crippen LogP contribution >= 0.6 is 23.2 Å². The third-order valence-corrected chi connectivity index (χ3v) is 7.01. The molecule has 1 aliphatic rings. The van der Waals surface area contributed by atoms with E-state index in [2.05, 4.69) is 81.5 Å². The number of guanidine groups is 1. The summed E-state index contributed by atoms with van der Waals surface area (Å²) in [7, 11) is 0. The van der Waals surface area contributed by atoms with Crippen LogP contribution < -0.4 is 10.6 Å². The first-order chi connectivity index (χ1) is 18.1. The number of nitrogens with one attached hydrogen (secondary N) is 2. The molecule has 2 N–H and O–H groups in total. The van der Waals surface area contributed by atoms with Gasteiger partial charge < -0.3 is 10.6 Å². The highest BCUT2D eigenvalue weighted by Crippen LogP contribution is 2.35. The van der Waals surface area contributed by atoms with Gasteiger partial charge in [-0.1, -0.05) is 69.8 Å². The van der Waals surface area contributed by atoms with Gasteiger partial charge in [-0.05, 0) is 105 Å². The number of anilines is 1. The Morgan fingerprint density at radius 2 is 1.32 bits per heavy atom. The van der Waals surface area contributed by atoms with E-state index in [0.29, 0.717) is 21.7 Å². The van der Waals surface area contributed by atoms with Crippen molar-refractivity contribution in [2.45, 2.75) is 92.9 Å². The summed E-state index contributed by atoms with van der Waals surface area (Å²) in [4.78, 5) is 9.05. The van der Waals surface area contributed by atoms with Gasteiger partial charge in [0.1, 0.15) is 0 Å². The van der Waals surface area contributed by atoms with Crippen molar-refractivity contribution in [2.75, 3.05) is 18.4 Å². The number of hydrogen-bond acceptors (Lipinski definition) is 4. The van der Waals surface area contributed by atoms with Crippen LogP contribution in [-0.4, -0.2) is 24.8 Å². The van der Waals surface area contributed by atoms with Crippen molar-refractivity contribution < 1.29 is 0 Å². The molecule has 0 aliphatic carbocycles. The molecule has 2 rings (SSSR count). The maximum absolute atomic E-state index is 6.46. The number of nitrogens with zero attached hydrogens (tertiary/aromatic N) is 2. The van der Waals surface area contributed by atoms with E-state index in [1.807, 2.05) is 12.1 Å². The second kappa shape index (κ2) is 17.3. The van der Waals surface area contributed by atoms with Crippen LogP contribution in [0.25, 0.3) is 0 Å². The van der Waals surface area contributed by atoms with Crippen LogP contribution in [0.15, 0.2) is 68.7 Å². The van der Waals surface area contributed by atoms with E-state index < -0.39 is 0 Å². The Balaban J connectivity index is 1.74. The van der Waals surface area contributed by atoms with E-state index in [1.165, 1.54) is 28.7 Å². The van der Waals surface area contributed by atoms with Gasteiger partial charge in [0.25, 0.3) is 0 Å². The number of hydrogen-bond donors (Lipinski definition) is 2. The first-order valence-corrected chi connectivity index (χ1v) is 14.6. The van der Waals surface area contributed by atoms with Crippen molar-refractivity contribution in [1.82, 2.24) is 5.32 Å². The average Bonchev–Trinajstić information content (AvgIpc) is 3.34. The van der Waals surface area contributed by atoms with Gasteiger partial charge in [-0.15, -0.1) is 0 Å². The molecule has 0 saturated carbocycles. The van der Waals surface area contributed by atoms with Gasteiger partial charge in [0.05, 0.1) is 28.0 Å². The second-order valence-corrected chi connectivity index (χ2v) is 11.3. The third-order valence-electron chi connectivity index (χ3n) is 6.42. The summed E-state index contributed by atoms with van der Waals surface area (Å²) in [5.41, 5.74) is 8.31. The smallest absolute Gasteiger partial charge is 0.196 e. The molecule has 0 aromatic heterocycles. The molecule has 208 valence electrons. The standard InChI is InChI=1S/C32H46Cl2N4/c1-23(2)11-7-12-24(3)13-8-14-25(4)15-9-16-26(5)17-10-18-27(6)37-28-21-29(33)31(30(34)22-28)38-32-35-19-20-36-32/h11,13,15,17,21-22H,7-10,12,14,16,18-20H2,1-6H3,(H2,35,36,38)/b24-13+,25-15+,26-17+,37-27?. The lowest BCUT2D eigenvalue weighted by Gasteiger charge is -2.11. The van der Waals surface area contributed by atoms with Crippen molar-refractivity contribution in [1.29, 1.82) is 0 Å². The molecule has 6 heteroatoms. The van der Waals surface area contributed by atoms with Crippen molar-refractivity contribution in [2.24, 2.45) is 9.98 Å². The van der Waals surface area contributed by atoms with Gasteiger partial charge in [0, 0.05) is 12.3 Å². The van der Waals surface area contributed by atoms with Crippen molar-refractivity contribution in [3.63, 3.8) is 0 Å². The lowest BCUT2D eigenvalue weighted by Crippen LogP contribution is -2.26. The second-order valence-electron chi connectivity index (χ2n) is 10.5. The summed E-state index contributed by atoms with van der Waals surface area (Å²) < 4.78 is 0. The fourth-order valence-electron chi connectivity index (χ4n) is 4.13. The minimum Gasteiger partial charge on any atom is -0.354 e. The Morgan fingerprint density at radius 3 is 1.79 bits per heavy atom. The number of allylic oxidation sites excluding steroid dienone is 8. The molecular formula is C32H46Cl2N4. The highest BCUT2D eigenvalue weighted by Gasteiger charge is 2.12. The zero-order chi connectivity index (χ0) is 27.9. The lowest BCUT2D eigenvalue weighted by atomic mass is 10.0. The van der Waals surface area contributed by atoms with Crippen molar-refractivity contribution in [3.8, 4) is 0 Å². The van der Waals surface area contributed by atoms with Crippen molar-refractivity contribution >= 4 is 46.2 Å². The Hall–Kier alpha value is -2.30. The first-order valence-electron chi connectivity index (χ1n) is 13.8. The van der Waals surface area contributed by atoms with Crippen molar-refractivity contribution in [3.05, 3.63) is 68.8 Å². The quantitative estimate of drug-likeness (QED) is 0.177. The fourth-order valence-corrected chi connectivity index (χ4v) is 4.70. The molecule has 0 unspecified atom stereocenters. The predicted octanol–water partition coefficient (Wildman–Crippen LogP) is 10.4. The predicted molar refractivity (Wildman–Crippen MR) is 171 cm³/mol. The maximum atomic E-state index is 6.46. The van der Waals surface area contributed by atoms with Gasteiger partial charge in [0.2, 0.25) is 0 Å². The number of benzene rings is 1. The number of halogens is 2. The molecule has 0 radical (unpaired) electrons. The van der Waals surface area contributed by atoms with E-state index in [9.17, 15) is 0 Å². The summed E-state index contributed by atoms with van der Waals surface area (Å²) in [6, 6.07) is 3.68. The molecule has 1 aliphatic heterocycles. The number of aliphatic imine (C=N–C) groups is 2. The summed E-state index contributed by atoms with van der Waals surface area (Å²) >= 11 is 12.9. The molecule has 4 nitrogen and oxygen atoms in total. The molecule has 0 atom stereocenters. The van der Waals surface area contributed by atoms with Crippen LogP contribution in [-0.2, 0) is 0 Å². The molecule has 0 amide bonds. The largest absolute Gasteiger partial charge is 0.354 e. The van der Waals surface area contributed by atoms with Crippen LogP contribution in [0.5, 0.6) is 0 Å². The summed E-state index contributed by atoms with van der Waals surface area (Å²) in [5, 5.41) is 7.39. The molecular weight excluding hydrogens is 511 g/mol. The van der Waals surface area contributed by atoms with Gasteiger partial charge in [-0.3, -0.25) is 9.98 Å². The van der Waals surface area contributed by atoms with Crippen LogP contribution in [0.2, 0.25) is 10.0 Å². The van der Waals surface area contributed by atoms with E-state index in [0.717, 1.165) is 69.4 Å². The SMILES string of the molecule is CC(C)=CCC/C(C)=C/CC/C(C)=C/CC/C(C)=C/CCC(C)=Nc1cc(Cl)c(NC2=NCCN2)c(Cl)c1. The molecule has 1 aromatic carbocycles. The topological polar surface area (TPSA) is 48.8 Å². The van der Waals surface area contributed by atoms with E-state index in [-0.39, 0.29) is 0 Å². The normalized spacial score (nSPS) is 14.9. The lowest BCUT2D eigenvalue weighted by molar-refractivity contribution is 0.896. The zero-order valence-corrected chi connectivity index (χ0v) is 25.7. The van der Waals surface area contributed by atoms with Gasteiger partial charge in [0.15, 0.2) is 5.96 Å². The van der Waals surface area contributed by atoms with Gasteiger partial charge in [-0.25, -0.2) is 0 Å². The summed E-state index contributed by atoms with van der Waals surface area (Å²) in [5.74, 6) is 0.697. The van der Waals surface area contributed by atoms with Gasteiger partial charge >= 0.3 is 0 Å². The highest BCUT2D eigenvalue weighted by atomic mass is 35.5. The maximum Gasteiger partial charge on any atom is 0.196 e. The molecule has 0 bridgehead atoms. The Morgan fingerprint density at radius 1 is 0.816 bits per heavy atom. The fraction of sp³-hybridized carbons (Fsp3) is 0.500. The third kappa shape index (κ3) is 13.0.